The Morgan fingerprint density at radius 2 is 2.00 bits per heavy atom. The molecule has 16 heavy (non-hydrogen) atoms. The number of halogens is 1. The molecule has 1 atom stereocenters. The van der Waals surface area contributed by atoms with E-state index in [-0.39, 0.29) is 18.5 Å². The van der Waals surface area contributed by atoms with Crippen molar-refractivity contribution < 1.29 is 14.2 Å². The highest BCUT2D eigenvalue weighted by atomic mass is 35.5. The van der Waals surface area contributed by atoms with Crippen LogP contribution < -0.4 is 5.32 Å². The maximum atomic E-state index is 5.82. The maximum Gasteiger partial charge on any atom is 0.163 e. The average Bonchev–Trinajstić information content (AvgIpc) is 2.57. The van der Waals surface area contributed by atoms with Gasteiger partial charge in [-0.25, -0.2) is 0 Å². The largest absolute Gasteiger partial charge is 0.375 e. The molecule has 1 N–H and O–H groups in total. The second kappa shape index (κ2) is 6.17. The van der Waals surface area contributed by atoms with E-state index in [1.54, 1.807) is 0 Å². The first-order valence-electron chi connectivity index (χ1n) is 5.80. The topological polar surface area (TPSA) is 39.7 Å². The first-order chi connectivity index (χ1) is 7.16. The monoisotopic (exact) mass is 251 g/mol. The lowest BCUT2D eigenvalue weighted by Crippen LogP contribution is -2.34. The molecule has 4 nitrogen and oxygen atoms in total. The van der Waals surface area contributed by atoms with Gasteiger partial charge in [-0.3, -0.25) is 0 Å². The molecule has 2 heterocycles. The van der Waals surface area contributed by atoms with E-state index in [1.807, 2.05) is 13.8 Å². The van der Waals surface area contributed by atoms with Crippen LogP contribution in [0.2, 0.25) is 0 Å². The van der Waals surface area contributed by atoms with Gasteiger partial charge < -0.3 is 19.5 Å². The van der Waals surface area contributed by atoms with Crippen molar-refractivity contribution in [3.8, 4) is 0 Å². The van der Waals surface area contributed by atoms with Crippen LogP contribution in [0, 0.1) is 0 Å². The Balaban J connectivity index is 0.00000128. The first-order valence-corrected chi connectivity index (χ1v) is 5.80. The highest BCUT2D eigenvalue weighted by Gasteiger charge is 2.33. The van der Waals surface area contributed by atoms with E-state index in [0.717, 1.165) is 25.9 Å². The van der Waals surface area contributed by atoms with Crippen molar-refractivity contribution in [2.24, 2.45) is 0 Å². The summed E-state index contributed by atoms with van der Waals surface area (Å²) in [4.78, 5) is 0. The number of hydrogen-bond donors (Lipinski definition) is 1. The highest BCUT2D eigenvalue weighted by Crippen LogP contribution is 2.23. The van der Waals surface area contributed by atoms with Gasteiger partial charge >= 0.3 is 0 Å². The number of piperidine rings is 1. The van der Waals surface area contributed by atoms with E-state index in [0.29, 0.717) is 19.3 Å². The summed E-state index contributed by atoms with van der Waals surface area (Å²) < 4.78 is 17.0. The molecular formula is C11H22ClNO3. The highest BCUT2D eigenvalue weighted by molar-refractivity contribution is 5.85. The zero-order valence-corrected chi connectivity index (χ0v) is 10.8. The van der Waals surface area contributed by atoms with Gasteiger partial charge in [-0.2, -0.15) is 0 Å². The van der Waals surface area contributed by atoms with Gasteiger partial charge in [0.2, 0.25) is 0 Å². The third-order valence-electron chi connectivity index (χ3n) is 2.87. The van der Waals surface area contributed by atoms with Crippen molar-refractivity contribution in [3.05, 3.63) is 0 Å². The number of ether oxygens (including phenoxy) is 3. The Morgan fingerprint density at radius 1 is 1.31 bits per heavy atom. The SMILES string of the molecule is CC1(C)OC[C@H](COC2CCNCC2)O1.Cl. The van der Waals surface area contributed by atoms with Crippen molar-refractivity contribution in [2.45, 2.75) is 44.7 Å². The maximum absolute atomic E-state index is 5.82. The summed E-state index contributed by atoms with van der Waals surface area (Å²) >= 11 is 0. The van der Waals surface area contributed by atoms with Crippen LogP contribution >= 0.6 is 12.4 Å². The standard InChI is InChI=1S/C11H21NO3.ClH/c1-11(2)14-8-10(15-11)7-13-9-3-5-12-6-4-9;/h9-10,12H,3-8H2,1-2H3;1H/t10-;/m0./s1. The Labute approximate surface area is 103 Å². The summed E-state index contributed by atoms with van der Waals surface area (Å²) in [6.45, 7) is 7.33. The summed E-state index contributed by atoms with van der Waals surface area (Å²) in [5, 5.41) is 3.32. The van der Waals surface area contributed by atoms with Crippen molar-refractivity contribution in [2.75, 3.05) is 26.3 Å². The molecule has 0 aromatic carbocycles. The molecule has 0 bridgehead atoms. The minimum Gasteiger partial charge on any atom is -0.375 e. The Hall–Kier alpha value is 0.130. The second-order valence-corrected chi connectivity index (χ2v) is 4.73. The Bertz CT molecular complexity index is 207. The lowest BCUT2D eigenvalue weighted by Gasteiger charge is -2.24. The van der Waals surface area contributed by atoms with Gasteiger partial charge in [0.05, 0.1) is 19.3 Å². The van der Waals surface area contributed by atoms with Gasteiger partial charge in [0, 0.05) is 0 Å². The minimum absolute atomic E-state index is 0. The van der Waals surface area contributed by atoms with E-state index in [4.69, 9.17) is 14.2 Å². The fourth-order valence-electron chi connectivity index (χ4n) is 2.05. The van der Waals surface area contributed by atoms with Crippen LogP contribution in [0.3, 0.4) is 0 Å². The zero-order chi connectivity index (χ0) is 10.7. The molecule has 0 unspecified atom stereocenters. The van der Waals surface area contributed by atoms with Crippen LogP contribution in [0.25, 0.3) is 0 Å². The molecule has 0 spiro atoms. The molecule has 0 aromatic heterocycles. The van der Waals surface area contributed by atoms with Gasteiger partial charge in [0.15, 0.2) is 5.79 Å². The van der Waals surface area contributed by atoms with E-state index in [2.05, 4.69) is 5.32 Å². The Morgan fingerprint density at radius 3 is 2.56 bits per heavy atom. The third-order valence-corrected chi connectivity index (χ3v) is 2.87. The molecule has 0 aromatic rings. The predicted octanol–water partition coefficient (Wildman–Crippen LogP) is 1.33. The summed E-state index contributed by atoms with van der Waals surface area (Å²) in [6, 6.07) is 0. The second-order valence-electron chi connectivity index (χ2n) is 4.73. The molecule has 2 saturated heterocycles. The van der Waals surface area contributed by atoms with Crippen molar-refractivity contribution in [1.82, 2.24) is 5.32 Å². The third kappa shape index (κ3) is 4.18. The lowest BCUT2D eigenvalue weighted by atomic mass is 10.1. The predicted molar refractivity (Wildman–Crippen MR) is 64.0 cm³/mol. The van der Waals surface area contributed by atoms with E-state index in [9.17, 15) is 0 Å². The summed E-state index contributed by atoms with van der Waals surface area (Å²) in [5.41, 5.74) is 0. The van der Waals surface area contributed by atoms with Crippen molar-refractivity contribution in [3.63, 3.8) is 0 Å². The van der Waals surface area contributed by atoms with Crippen LogP contribution in [-0.4, -0.2) is 44.3 Å². The molecule has 2 aliphatic heterocycles. The average molecular weight is 252 g/mol. The lowest BCUT2D eigenvalue weighted by molar-refractivity contribution is -0.148. The van der Waals surface area contributed by atoms with Crippen LogP contribution in [0.1, 0.15) is 26.7 Å². The molecule has 2 fully saturated rings. The van der Waals surface area contributed by atoms with Crippen LogP contribution in [0.15, 0.2) is 0 Å². The molecule has 2 rings (SSSR count). The summed E-state index contributed by atoms with van der Waals surface area (Å²) in [5.74, 6) is -0.428. The number of rotatable bonds is 3. The van der Waals surface area contributed by atoms with Crippen LogP contribution in [0.4, 0.5) is 0 Å². The van der Waals surface area contributed by atoms with E-state index >= 15 is 0 Å². The first kappa shape index (κ1) is 14.2. The smallest absolute Gasteiger partial charge is 0.163 e. The molecule has 2 aliphatic rings. The molecule has 0 saturated carbocycles. The summed E-state index contributed by atoms with van der Waals surface area (Å²) in [6.07, 6.45) is 2.72. The zero-order valence-electron chi connectivity index (χ0n) is 10.0. The number of nitrogens with one attached hydrogen (secondary N) is 1. The fraction of sp³-hybridized carbons (Fsp3) is 1.00. The molecular weight excluding hydrogens is 230 g/mol. The van der Waals surface area contributed by atoms with E-state index in [1.165, 1.54) is 0 Å². The summed E-state index contributed by atoms with van der Waals surface area (Å²) in [7, 11) is 0. The molecule has 0 radical (unpaired) electrons. The van der Waals surface area contributed by atoms with Gasteiger partial charge in [-0.15, -0.1) is 12.4 Å². The van der Waals surface area contributed by atoms with Gasteiger partial charge in [0.25, 0.3) is 0 Å². The quantitative estimate of drug-likeness (QED) is 0.822. The van der Waals surface area contributed by atoms with Gasteiger partial charge in [0.1, 0.15) is 6.10 Å². The van der Waals surface area contributed by atoms with Crippen molar-refractivity contribution >= 4 is 12.4 Å². The van der Waals surface area contributed by atoms with Crippen LogP contribution in [-0.2, 0) is 14.2 Å². The fourth-order valence-corrected chi connectivity index (χ4v) is 2.05. The van der Waals surface area contributed by atoms with Gasteiger partial charge in [-0.1, -0.05) is 0 Å². The molecule has 0 aliphatic carbocycles. The number of hydrogen-bond acceptors (Lipinski definition) is 4. The van der Waals surface area contributed by atoms with Gasteiger partial charge in [-0.05, 0) is 39.8 Å². The van der Waals surface area contributed by atoms with E-state index < -0.39 is 5.79 Å². The Kier molecular flexibility index (Phi) is 5.47. The molecule has 96 valence electrons. The molecule has 5 heteroatoms. The van der Waals surface area contributed by atoms with Crippen LogP contribution in [0.5, 0.6) is 0 Å². The van der Waals surface area contributed by atoms with Crippen molar-refractivity contribution in [1.29, 1.82) is 0 Å². The molecule has 0 amide bonds. The minimum atomic E-state index is -0.428. The normalized spacial score (nSPS) is 30.0.